The van der Waals surface area contributed by atoms with Crippen molar-refractivity contribution in [3.05, 3.63) is 59.7 Å². The van der Waals surface area contributed by atoms with Crippen LogP contribution in [0.1, 0.15) is 36.7 Å². The number of hydrogen-bond acceptors (Lipinski definition) is 3. The summed E-state index contributed by atoms with van der Waals surface area (Å²) in [4.78, 5) is 14.4. The summed E-state index contributed by atoms with van der Waals surface area (Å²) in [5, 5.41) is 0. The molecule has 2 rings (SSSR count). The van der Waals surface area contributed by atoms with E-state index in [0.29, 0.717) is 12.2 Å². The van der Waals surface area contributed by atoms with Gasteiger partial charge < -0.3 is 4.74 Å². The number of esters is 1. The van der Waals surface area contributed by atoms with Gasteiger partial charge >= 0.3 is 5.97 Å². The van der Waals surface area contributed by atoms with Crippen molar-refractivity contribution in [2.45, 2.75) is 27.3 Å². The first-order valence-corrected chi connectivity index (χ1v) is 8.27. The second kappa shape index (κ2) is 8.49. The van der Waals surface area contributed by atoms with Crippen LogP contribution < -0.4 is 0 Å². The maximum atomic E-state index is 12.0. The maximum absolute atomic E-state index is 12.0. The van der Waals surface area contributed by atoms with Crippen LogP contribution in [0.5, 0.6) is 0 Å². The molecule has 0 atom stereocenters. The number of hydrogen-bond donors (Lipinski definition) is 0. The fourth-order valence-corrected chi connectivity index (χ4v) is 2.65. The summed E-state index contributed by atoms with van der Waals surface area (Å²) in [6.07, 6.45) is 0. The lowest BCUT2D eigenvalue weighted by Crippen LogP contribution is -2.22. The molecule has 0 saturated heterocycles. The average Bonchev–Trinajstić information content (AvgIpc) is 2.60. The topological polar surface area (TPSA) is 29.5 Å². The summed E-state index contributed by atoms with van der Waals surface area (Å²) in [7, 11) is 0. The van der Waals surface area contributed by atoms with Gasteiger partial charge in [-0.2, -0.15) is 0 Å². The Morgan fingerprint density at radius 3 is 2.30 bits per heavy atom. The van der Waals surface area contributed by atoms with Gasteiger partial charge in [-0.15, -0.1) is 0 Å². The second-order valence-electron chi connectivity index (χ2n) is 5.42. The van der Waals surface area contributed by atoms with Crippen molar-refractivity contribution < 1.29 is 9.53 Å². The molecule has 0 fully saturated rings. The van der Waals surface area contributed by atoms with Crippen LogP contribution in [0, 0.1) is 0 Å². The Morgan fingerprint density at radius 1 is 1.00 bits per heavy atom. The van der Waals surface area contributed by atoms with Crippen LogP contribution in [0.2, 0.25) is 0 Å². The van der Waals surface area contributed by atoms with E-state index in [0.717, 1.165) is 25.2 Å². The van der Waals surface area contributed by atoms with E-state index in [1.54, 1.807) is 0 Å². The molecule has 3 heteroatoms. The molecular weight excluding hydrogens is 286 g/mol. The third-order valence-electron chi connectivity index (χ3n) is 3.99. The second-order valence-corrected chi connectivity index (χ2v) is 5.42. The summed E-state index contributed by atoms with van der Waals surface area (Å²) >= 11 is 0. The SMILES string of the molecule is CCOC(=O)c1ccc(-c2ccccc2)c(CN(CC)CC)c1. The molecule has 0 aliphatic heterocycles. The summed E-state index contributed by atoms with van der Waals surface area (Å²) < 4.78 is 5.13. The Hall–Kier alpha value is -2.13. The van der Waals surface area contributed by atoms with E-state index in [1.165, 1.54) is 11.1 Å². The number of benzene rings is 2. The number of carbonyl (C=O) groups is 1. The zero-order valence-electron chi connectivity index (χ0n) is 14.2. The highest BCUT2D eigenvalue weighted by Crippen LogP contribution is 2.26. The number of rotatable bonds is 7. The molecule has 0 saturated carbocycles. The number of carbonyl (C=O) groups excluding carboxylic acids is 1. The van der Waals surface area contributed by atoms with Crippen LogP contribution >= 0.6 is 0 Å². The third-order valence-corrected chi connectivity index (χ3v) is 3.99. The Morgan fingerprint density at radius 2 is 1.70 bits per heavy atom. The van der Waals surface area contributed by atoms with Crippen molar-refractivity contribution in [2.24, 2.45) is 0 Å². The van der Waals surface area contributed by atoms with Crippen molar-refractivity contribution >= 4 is 5.97 Å². The molecular formula is C20H25NO2. The van der Waals surface area contributed by atoms with Gasteiger partial charge in [-0.3, -0.25) is 4.90 Å². The lowest BCUT2D eigenvalue weighted by Gasteiger charge is -2.21. The van der Waals surface area contributed by atoms with E-state index in [1.807, 2.05) is 43.3 Å². The molecule has 0 N–H and O–H groups in total. The van der Waals surface area contributed by atoms with E-state index in [2.05, 4.69) is 30.9 Å². The first kappa shape index (κ1) is 17.2. The van der Waals surface area contributed by atoms with Gasteiger partial charge in [0, 0.05) is 6.54 Å². The highest BCUT2D eigenvalue weighted by molar-refractivity contribution is 5.90. The van der Waals surface area contributed by atoms with Gasteiger partial charge in [0.25, 0.3) is 0 Å². The highest BCUT2D eigenvalue weighted by Gasteiger charge is 2.13. The van der Waals surface area contributed by atoms with Crippen molar-refractivity contribution in [1.82, 2.24) is 4.90 Å². The highest BCUT2D eigenvalue weighted by atomic mass is 16.5. The van der Waals surface area contributed by atoms with Crippen LogP contribution in [0.15, 0.2) is 48.5 Å². The Labute approximate surface area is 138 Å². The molecule has 0 radical (unpaired) electrons. The van der Waals surface area contributed by atoms with Crippen molar-refractivity contribution in [3.8, 4) is 11.1 Å². The minimum atomic E-state index is -0.257. The van der Waals surface area contributed by atoms with Gasteiger partial charge in [0.1, 0.15) is 0 Å². The van der Waals surface area contributed by atoms with Crippen LogP contribution in [-0.4, -0.2) is 30.6 Å². The molecule has 0 unspecified atom stereocenters. The van der Waals surface area contributed by atoms with Crippen LogP contribution in [-0.2, 0) is 11.3 Å². The zero-order chi connectivity index (χ0) is 16.7. The summed E-state index contributed by atoms with van der Waals surface area (Å²) in [6.45, 7) is 9.31. The molecule has 0 bridgehead atoms. The van der Waals surface area contributed by atoms with Crippen molar-refractivity contribution in [3.63, 3.8) is 0 Å². The standard InChI is InChI=1S/C20H25NO2/c1-4-21(5-2)15-18-14-17(20(22)23-6-3)12-13-19(18)16-10-8-7-9-11-16/h7-14H,4-6,15H2,1-3H3. The normalized spacial score (nSPS) is 10.8. The van der Waals surface area contributed by atoms with Crippen LogP contribution in [0.3, 0.4) is 0 Å². The molecule has 0 heterocycles. The fraction of sp³-hybridized carbons (Fsp3) is 0.350. The Balaban J connectivity index is 2.42. The summed E-state index contributed by atoms with van der Waals surface area (Å²) in [5.74, 6) is -0.257. The largest absolute Gasteiger partial charge is 0.462 e. The quantitative estimate of drug-likeness (QED) is 0.711. The van der Waals surface area contributed by atoms with E-state index in [4.69, 9.17) is 4.74 Å². The molecule has 122 valence electrons. The van der Waals surface area contributed by atoms with Gasteiger partial charge in [0.05, 0.1) is 12.2 Å². The van der Waals surface area contributed by atoms with Gasteiger partial charge in [-0.1, -0.05) is 50.2 Å². The minimum Gasteiger partial charge on any atom is -0.462 e. The molecule has 0 amide bonds. The van der Waals surface area contributed by atoms with Gasteiger partial charge in [-0.25, -0.2) is 4.79 Å². The van der Waals surface area contributed by atoms with E-state index in [-0.39, 0.29) is 5.97 Å². The van der Waals surface area contributed by atoms with E-state index < -0.39 is 0 Å². The first-order chi connectivity index (χ1) is 11.2. The van der Waals surface area contributed by atoms with Crippen molar-refractivity contribution in [2.75, 3.05) is 19.7 Å². The molecule has 0 aliphatic carbocycles. The molecule has 0 spiro atoms. The van der Waals surface area contributed by atoms with Gasteiger partial charge in [-0.05, 0) is 48.8 Å². The predicted molar refractivity (Wildman–Crippen MR) is 94.5 cm³/mol. The fourth-order valence-electron chi connectivity index (χ4n) is 2.65. The average molecular weight is 311 g/mol. The van der Waals surface area contributed by atoms with E-state index >= 15 is 0 Å². The van der Waals surface area contributed by atoms with Crippen LogP contribution in [0.4, 0.5) is 0 Å². The van der Waals surface area contributed by atoms with Crippen molar-refractivity contribution in [1.29, 1.82) is 0 Å². The third kappa shape index (κ3) is 4.42. The lowest BCUT2D eigenvalue weighted by atomic mass is 9.97. The monoisotopic (exact) mass is 311 g/mol. The molecule has 23 heavy (non-hydrogen) atoms. The minimum absolute atomic E-state index is 0.257. The smallest absolute Gasteiger partial charge is 0.338 e. The van der Waals surface area contributed by atoms with Crippen LogP contribution in [0.25, 0.3) is 11.1 Å². The number of nitrogens with zero attached hydrogens (tertiary/aromatic N) is 1. The van der Waals surface area contributed by atoms with E-state index in [9.17, 15) is 4.79 Å². The molecule has 2 aromatic rings. The summed E-state index contributed by atoms with van der Waals surface area (Å²) in [5.41, 5.74) is 4.12. The van der Waals surface area contributed by atoms with Gasteiger partial charge in [0.2, 0.25) is 0 Å². The summed E-state index contributed by atoms with van der Waals surface area (Å²) in [6, 6.07) is 16.1. The zero-order valence-corrected chi connectivity index (χ0v) is 14.2. The maximum Gasteiger partial charge on any atom is 0.338 e. The Kier molecular flexibility index (Phi) is 6.36. The molecule has 2 aromatic carbocycles. The van der Waals surface area contributed by atoms with Gasteiger partial charge in [0.15, 0.2) is 0 Å². The predicted octanol–water partition coefficient (Wildman–Crippen LogP) is 4.37. The Bertz CT molecular complexity index is 633. The number of ether oxygens (including phenoxy) is 1. The lowest BCUT2D eigenvalue weighted by molar-refractivity contribution is 0.0526. The first-order valence-electron chi connectivity index (χ1n) is 8.27. The molecule has 0 aliphatic rings. The molecule has 3 nitrogen and oxygen atoms in total. The molecule has 0 aromatic heterocycles.